The van der Waals surface area contributed by atoms with Crippen LogP contribution in [0.4, 0.5) is 9.93 Å². The first kappa shape index (κ1) is 18.8. The maximum Gasteiger partial charge on any atom is 0.411 e. The quantitative estimate of drug-likeness (QED) is 0.692. The number of carbonyl (C=O) groups is 2. The monoisotopic (exact) mass is 413 g/mol. The number of ether oxygens (including phenoxy) is 1. The van der Waals surface area contributed by atoms with Gasteiger partial charge in [0.2, 0.25) is 5.91 Å². The molecule has 3 aromatic rings. The van der Waals surface area contributed by atoms with Gasteiger partial charge in [0.25, 0.3) is 0 Å². The molecule has 1 unspecified atom stereocenters. The second-order valence-electron chi connectivity index (χ2n) is 6.51. The molecule has 2 amide bonds. The Labute approximate surface area is 170 Å². The lowest BCUT2D eigenvalue weighted by Crippen LogP contribution is -2.44. The molecule has 1 aromatic heterocycles. The Morgan fingerprint density at radius 1 is 1.25 bits per heavy atom. The van der Waals surface area contributed by atoms with Crippen LogP contribution in [0.3, 0.4) is 0 Å². The Kier molecular flexibility index (Phi) is 5.50. The van der Waals surface area contributed by atoms with E-state index in [4.69, 9.17) is 4.74 Å². The van der Waals surface area contributed by atoms with Crippen molar-refractivity contribution in [2.24, 2.45) is 0 Å². The van der Waals surface area contributed by atoms with E-state index in [1.165, 1.54) is 28.0 Å². The molecule has 0 bridgehead atoms. The summed E-state index contributed by atoms with van der Waals surface area (Å²) < 4.78 is 6.41. The fraction of sp³-hybridized carbons (Fsp3) is 0.250. The smallest absolute Gasteiger partial charge is 0.411 e. The molecule has 0 aliphatic carbocycles. The van der Waals surface area contributed by atoms with Gasteiger partial charge in [-0.2, -0.15) is 0 Å². The number of fused-ring (bicyclic) bond motifs is 1. The number of aromatic nitrogens is 1. The summed E-state index contributed by atoms with van der Waals surface area (Å²) in [5, 5.41) is 3.40. The second kappa shape index (κ2) is 8.20. The minimum absolute atomic E-state index is 0.187. The Morgan fingerprint density at radius 2 is 2.07 bits per heavy atom. The molecule has 1 fully saturated rings. The van der Waals surface area contributed by atoms with Gasteiger partial charge in [-0.3, -0.25) is 9.69 Å². The van der Waals surface area contributed by atoms with E-state index in [2.05, 4.69) is 10.3 Å². The Hall–Kier alpha value is -2.58. The number of thiazole rings is 1. The van der Waals surface area contributed by atoms with E-state index in [9.17, 15) is 9.59 Å². The van der Waals surface area contributed by atoms with Crippen molar-refractivity contribution < 1.29 is 14.3 Å². The fourth-order valence-corrected chi connectivity index (χ4v) is 5.03. The van der Waals surface area contributed by atoms with Crippen molar-refractivity contribution in [3.63, 3.8) is 0 Å². The number of thioether (sulfide) groups is 1. The number of rotatable bonds is 4. The molecule has 1 aliphatic rings. The van der Waals surface area contributed by atoms with E-state index in [0.717, 1.165) is 21.3 Å². The van der Waals surface area contributed by atoms with E-state index in [-0.39, 0.29) is 12.5 Å². The van der Waals surface area contributed by atoms with Crippen molar-refractivity contribution in [1.82, 2.24) is 9.88 Å². The Morgan fingerprint density at radius 3 is 2.89 bits per heavy atom. The van der Waals surface area contributed by atoms with Gasteiger partial charge in [-0.05, 0) is 30.2 Å². The van der Waals surface area contributed by atoms with Crippen LogP contribution in [0.5, 0.6) is 0 Å². The van der Waals surface area contributed by atoms with E-state index < -0.39 is 12.1 Å². The highest BCUT2D eigenvalue weighted by atomic mass is 32.2. The summed E-state index contributed by atoms with van der Waals surface area (Å²) in [6, 6.07) is 14.9. The van der Waals surface area contributed by atoms with Gasteiger partial charge in [-0.1, -0.05) is 47.7 Å². The summed E-state index contributed by atoms with van der Waals surface area (Å²) in [7, 11) is 0. The summed E-state index contributed by atoms with van der Waals surface area (Å²) in [6.45, 7) is 2.21. The van der Waals surface area contributed by atoms with Crippen LogP contribution in [-0.2, 0) is 16.1 Å². The van der Waals surface area contributed by atoms with Crippen LogP contribution < -0.4 is 5.32 Å². The fourth-order valence-electron chi connectivity index (χ4n) is 2.92. The van der Waals surface area contributed by atoms with Crippen LogP contribution in [0.2, 0.25) is 0 Å². The number of nitrogens with zero attached hydrogens (tertiary/aromatic N) is 2. The highest BCUT2D eigenvalue weighted by Crippen LogP contribution is 2.28. The van der Waals surface area contributed by atoms with Gasteiger partial charge in [-0.25, -0.2) is 9.78 Å². The molecular formula is C20H19N3O3S2. The largest absolute Gasteiger partial charge is 0.445 e. The number of hydrogen-bond donors (Lipinski definition) is 1. The number of hydrogen-bond acceptors (Lipinski definition) is 6. The highest BCUT2D eigenvalue weighted by Gasteiger charge is 2.36. The first-order chi connectivity index (χ1) is 13.6. The minimum Gasteiger partial charge on any atom is -0.445 e. The SMILES string of the molecule is Cc1ccc2nc(NC(=O)C3CSCN3C(=O)OCc3ccccc3)sc2c1. The van der Waals surface area contributed by atoms with Crippen molar-refractivity contribution in [1.29, 1.82) is 0 Å². The summed E-state index contributed by atoms with van der Waals surface area (Å²) in [5.41, 5.74) is 2.91. The molecule has 0 saturated carbocycles. The average molecular weight is 414 g/mol. The topological polar surface area (TPSA) is 71.5 Å². The van der Waals surface area contributed by atoms with Gasteiger partial charge in [0.15, 0.2) is 5.13 Å². The van der Waals surface area contributed by atoms with Crippen molar-refractivity contribution in [2.75, 3.05) is 16.9 Å². The molecule has 1 saturated heterocycles. The van der Waals surface area contributed by atoms with E-state index in [0.29, 0.717) is 16.8 Å². The maximum atomic E-state index is 12.7. The zero-order valence-electron chi connectivity index (χ0n) is 15.3. The molecular weight excluding hydrogens is 394 g/mol. The lowest BCUT2D eigenvalue weighted by atomic mass is 10.2. The standard InChI is InChI=1S/C20H19N3O3S2/c1-13-7-8-15-17(9-13)28-19(21-15)22-18(24)16-11-27-12-23(16)20(25)26-10-14-5-3-2-4-6-14/h2-9,16H,10-12H2,1H3,(H,21,22,24). The predicted octanol–water partition coefficient (Wildman–Crippen LogP) is 4.25. The molecule has 2 aromatic carbocycles. The Balaban J connectivity index is 1.40. The number of carbonyl (C=O) groups excluding carboxylic acids is 2. The lowest BCUT2D eigenvalue weighted by Gasteiger charge is -2.22. The summed E-state index contributed by atoms with van der Waals surface area (Å²) in [5.74, 6) is 0.735. The van der Waals surface area contributed by atoms with Crippen LogP contribution in [0.1, 0.15) is 11.1 Å². The molecule has 8 heteroatoms. The zero-order valence-corrected chi connectivity index (χ0v) is 16.9. The van der Waals surface area contributed by atoms with Crippen molar-refractivity contribution in [3.05, 3.63) is 59.7 Å². The second-order valence-corrected chi connectivity index (χ2v) is 8.54. The summed E-state index contributed by atoms with van der Waals surface area (Å²) in [4.78, 5) is 31.1. The molecule has 0 spiro atoms. The number of benzene rings is 2. The average Bonchev–Trinajstić information content (AvgIpc) is 3.33. The zero-order chi connectivity index (χ0) is 19.5. The third-order valence-electron chi connectivity index (χ3n) is 4.40. The predicted molar refractivity (Wildman–Crippen MR) is 113 cm³/mol. The molecule has 0 radical (unpaired) electrons. The van der Waals surface area contributed by atoms with Crippen LogP contribution in [0.25, 0.3) is 10.2 Å². The molecule has 1 atom stereocenters. The van der Waals surface area contributed by atoms with Gasteiger partial charge in [0, 0.05) is 5.75 Å². The van der Waals surface area contributed by atoms with Gasteiger partial charge in [-0.15, -0.1) is 11.8 Å². The number of anilines is 1. The third-order valence-corrected chi connectivity index (χ3v) is 6.34. The van der Waals surface area contributed by atoms with Crippen molar-refractivity contribution >= 4 is 50.4 Å². The van der Waals surface area contributed by atoms with Crippen molar-refractivity contribution in [3.8, 4) is 0 Å². The first-order valence-corrected chi connectivity index (χ1v) is 10.8. The van der Waals surface area contributed by atoms with Gasteiger partial charge >= 0.3 is 6.09 Å². The molecule has 2 heterocycles. The van der Waals surface area contributed by atoms with Crippen LogP contribution in [-0.4, -0.2) is 39.6 Å². The normalized spacial score (nSPS) is 16.3. The molecule has 144 valence electrons. The van der Waals surface area contributed by atoms with Crippen LogP contribution in [0.15, 0.2) is 48.5 Å². The molecule has 1 N–H and O–H groups in total. The Bertz CT molecular complexity index is 1010. The number of amides is 2. The van der Waals surface area contributed by atoms with E-state index in [1.807, 2.05) is 55.5 Å². The molecule has 28 heavy (non-hydrogen) atoms. The molecule has 1 aliphatic heterocycles. The third kappa shape index (κ3) is 4.13. The number of nitrogens with one attached hydrogen (secondary N) is 1. The van der Waals surface area contributed by atoms with E-state index in [1.54, 1.807) is 0 Å². The van der Waals surface area contributed by atoms with Crippen LogP contribution in [0, 0.1) is 6.92 Å². The summed E-state index contributed by atoms with van der Waals surface area (Å²) in [6.07, 6.45) is -0.478. The molecule has 6 nitrogen and oxygen atoms in total. The maximum absolute atomic E-state index is 12.7. The summed E-state index contributed by atoms with van der Waals surface area (Å²) >= 11 is 2.96. The van der Waals surface area contributed by atoms with Crippen molar-refractivity contribution in [2.45, 2.75) is 19.6 Å². The van der Waals surface area contributed by atoms with Gasteiger partial charge in [0.1, 0.15) is 12.6 Å². The number of aryl methyl sites for hydroxylation is 1. The molecule has 4 rings (SSSR count). The lowest BCUT2D eigenvalue weighted by molar-refractivity contribution is -0.119. The highest BCUT2D eigenvalue weighted by molar-refractivity contribution is 7.99. The first-order valence-electron chi connectivity index (χ1n) is 8.83. The minimum atomic E-state index is -0.568. The van der Waals surface area contributed by atoms with Crippen LogP contribution >= 0.6 is 23.1 Å². The van der Waals surface area contributed by atoms with Gasteiger partial charge < -0.3 is 10.1 Å². The van der Waals surface area contributed by atoms with E-state index >= 15 is 0 Å². The van der Waals surface area contributed by atoms with Gasteiger partial charge in [0.05, 0.1) is 16.1 Å².